The first kappa shape index (κ1) is 14.5. The first-order valence-corrected chi connectivity index (χ1v) is 7.16. The van der Waals surface area contributed by atoms with Crippen LogP contribution >= 0.6 is 0 Å². The zero-order valence-corrected chi connectivity index (χ0v) is 12.1. The van der Waals surface area contributed by atoms with Crippen molar-refractivity contribution in [1.82, 2.24) is 4.98 Å². The van der Waals surface area contributed by atoms with E-state index in [1.165, 1.54) is 30.7 Å². The van der Waals surface area contributed by atoms with Gasteiger partial charge >= 0.3 is 0 Å². The molecule has 0 fully saturated rings. The van der Waals surface area contributed by atoms with Gasteiger partial charge in [0.2, 0.25) is 0 Å². The molecule has 1 aromatic heterocycles. The van der Waals surface area contributed by atoms with Gasteiger partial charge in [-0.25, -0.2) is 4.39 Å². The molecular formula is C17H21FN2. The molecule has 0 radical (unpaired) electrons. The number of hydrogen-bond donors (Lipinski definition) is 1. The lowest BCUT2D eigenvalue weighted by molar-refractivity contribution is 0.617. The summed E-state index contributed by atoms with van der Waals surface area (Å²) in [5, 5.41) is 3.38. The summed E-state index contributed by atoms with van der Waals surface area (Å²) in [6.07, 6.45) is 4.82. The van der Waals surface area contributed by atoms with E-state index >= 15 is 0 Å². The molecule has 0 amide bonds. The molecule has 2 rings (SSSR count). The molecule has 1 unspecified atom stereocenters. The van der Waals surface area contributed by atoms with Crippen molar-refractivity contribution >= 4 is 5.69 Å². The summed E-state index contributed by atoms with van der Waals surface area (Å²) in [5.41, 5.74) is 3.26. The summed E-state index contributed by atoms with van der Waals surface area (Å²) in [6, 6.07) is 11.7. The minimum absolute atomic E-state index is 0.0529. The molecule has 2 nitrogen and oxygen atoms in total. The van der Waals surface area contributed by atoms with Crippen molar-refractivity contribution in [3.05, 3.63) is 59.7 Å². The van der Waals surface area contributed by atoms with Crippen molar-refractivity contribution < 1.29 is 4.39 Å². The molecule has 2 aromatic rings. The van der Waals surface area contributed by atoms with Crippen molar-refractivity contribution in [3.8, 4) is 0 Å². The molecule has 0 spiro atoms. The van der Waals surface area contributed by atoms with Crippen LogP contribution in [0.4, 0.5) is 10.1 Å². The van der Waals surface area contributed by atoms with Crippen molar-refractivity contribution in [2.24, 2.45) is 0 Å². The number of hydrogen-bond acceptors (Lipinski definition) is 2. The fourth-order valence-electron chi connectivity index (χ4n) is 2.12. The SMILES string of the molecule is CCCCc1ccc(NC(C)c2ccc(F)cn2)cc1. The fraction of sp³-hybridized carbons (Fsp3) is 0.353. The van der Waals surface area contributed by atoms with Gasteiger partial charge in [0.05, 0.1) is 17.9 Å². The number of nitrogens with one attached hydrogen (secondary N) is 1. The van der Waals surface area contributed by atoms with Crippen LogP contribution < -0.4 is 5.32 Å². The van der Waals surface area contributed by atoms with Crippen LogP contribution in [0.5, 0.6) is 0 Å². The highest BCUT2D eigenvalue weighted by Crippen LogP contribution is 2.18. The molecule has 20 heavy (non-hydrogen) atoms. The van der Waals surface area contributed by atoms with E-state index in [1.54, 1.807) is 6.07 Å². The average Bonchev–Trinajstić information content (AvgIpc) is 2.47. The Morgan fingerprint density at radius 3 is 2.50 bits per heavy atom. The van der Waals surface area contributed by atoms with E-state index in [1.807, 2.05) is 6.92 Å². The van der Waals surface area contributed by atoms with Crippen LogP contribution in [0.25, 0.3) is 0 Å². The van der Waals surface area contributed by atoms with Gasteiger partial charge in [0.1, 0.15) is 5.82 Å². The molecule has 1 heterocycles. The Balaban J connectivity index is 1.97. The smallest absolute Gasteiger partial charge is 0.141 e. The number of unbranched alkanes of at least 4 members (excludes halogenated alkanes) is 1. The molecule has 0 saturated carbocycles. The predicted molar refractivity (Wildman–Crippen MR) is 81.3 cm³/mol. The van der Waals surface area contributed by atoms with Gasteiger partial charge in [-0.3, -0.25) is 4.98 Å². The maximum Gasteiger partial charge on any atom is 0.141 e. The van der Waals surface area contributed by atoms with Gasteiger partial charge in [-0.1, -0.05) is 25.5 Å². The number of aromatic nitrogens is 1. The summed E-state index contributed by atoms with van der Waals surface area (Å²) in [6.45, 7) is 4.22. The van der Waals surface area contributed by atoms with E-state index in [0.29, 0.717) is 0 Å². The summed E-state index contributed by atoms with van der Waals surface area (Å²) in [5.74, 6) is -0.304. The first-order valence-electron chi connectivity index (χ1n) is 7.16. The van der Waals surface area contributed by atoms with Crippen LogP contribution in [0.2, 0.25) is 0 Å². The third-order valence-electron chi connectivity index (χ3n) is 3.35. The van der Waals surface area contributed by atoms with E-state index in [-0.39, 0.29) is 11.9 Å². The molecule has 0 saturated heterocycles. The number of halogens is 1. The Hall–Kier alpha value is -1.90. The third kappa shape index (κ3) is 4.05. The predicted octanol–water partition coefficient (Wildman–Crippen LogP) is 4.74. The van der Waals surface area contributed by atoms with Crippen LogP contribution in [0, 0.1) is 5.82 Å². The van der Waals surface area contributed by atoms with E-state index in [4.69, 9.17) is 0 Å². The Labute approximate surface area is 120 Å². The highest BCUT2D eigenvalue weighted by molar-refractivity contribution is 5.46. The summed E-state index contributed by atoms with van der Waals surface area (Å²) in [7, 11) is 0. The van der Waals surface area contributed by atoms with E-state index in [9.17, 15) is 4.39 Å². The molecule has 3 heteroatoms. The van der Waals surface area contributed by atoms with Crippen molar-refractivity contribution in [2.75, 3.05) is 5.32 Å². The normalized spacial score (nSPS) is 12.2. The van der Waals surface area contributed by atoms with Crippen LogP contribution in [-0.2, 0) is 6.42 Å². The molecule has 0 aliphatic rings. The maximum absolute atomic E-state index is 12.8. The molecule has 0 aliphatic carbocycles. The molecule has 0 aliphatic heterocycles. The Bertz CT molecular complexity index is 520. The van der Waals surface area contributed by atoms with Gasteiger partial charge in [-0.15, -0.1) is 0 Å². The zero-order chi connectivity index (χ0) is 14.4. The molecule has 1 aromatic carbocycles. The number of anilines is 1. The number of aryl methyl sites for hydroxylation is 1. The van der Waals surface area contributed by atoms with Crippen LogP contribution in [-0.4, -0.2) is 4.98 Å². The lowest BCUT2D eigenvalue weighted by Crippen LogP contribution is -2.08. The van der Waals surface area contributed by atoms with E-state index < -0.39 is 0 Å². The summed E-state index contributed by atoms with van der Waals surface area (Å²) >= 11 is 0. The van der Waals surface area contributed by atoms with Gasteiger partial charge in [0, 0.05) is 5.69 Å². The highest BCUT2D eigenvalue weighted by Gasteiger charge is 2.06. The second-order valence-corrected chi connectivity index (χ2v) is 5.07. The van der Waals surface area contributed by atoms with Crippen LogP contribution in [0.1, 0.15) is 44.0 Å². The lowest BCUT2D eigenvalue weighted by Gasteiger charge is -2.15. The van der Waals surface area contributed by atoms with Crippen molar-refractivity contribution in [1.29, 1.82) is 0 Å². The largest absolute Gasteiger partial charge is 0.377 e. The molecule has 106 valence electrons. The molecule has 1 atom stereocenters. The van der Waals surface area contributed by atoms with Gasteiger partial charge < -0.3 is 5.32 Å². The summed E-state index contributed by atoms with van der Waals surface area (Å²) in [4.78, 5) is 4.09. The quantitative estimate of drug-likeness (QED) is 0.821. The van der Waals surface area contributed by atoms with Crippen molar-refractivity contribution in [2.45, 2.75) is 39.2 Å². The monoisotopic (exact) mass is 272 g/mol. The standard InChI is InChI=1S/C17H21FN2/c1-3-4-5-14-6-9-16(10-7-14)20-13(2)17-11-8-15(18)12-19-17/h6-13,20H,3-5H2,1-2H3. The van der Waals surface area contributed by atoms with E-state index in [2.05, 4.69) is 41.5 Å². The molecule has 1 N–H and O–H groups in total. The highest BCUT2D eigenvalue weighted by atomic mass is 19.1. The topological polar surface area (TPSA) is 24.9 Å². The number of rotatable bonds is 6. The number of nitrogens with zero attached hydrogens (tertiary/aromatic N) is 1. The van der Waals surface area contributed by atoms with Gasteiger partial charge in [-0.05, 0) is 49.6 Å². The second-order valence-electron chi connectivity index (χ2n) is 5.07. The second kappa shape index (κ2) is 7.04. The summed E-state index contributed by atoms with van der Waals surface area (Å²) < 4.78 is 12.8. The minimum Gasteiger partial charge on any atom is -0.377 e. The maximum atomic E-state index is 12.8. The minimum atomic E-state index is -0.304. The van der Waals surface area contributed by atoms with Crippen LogP contribution in [0.3, 0.4) is 0 Å². The first-order chi connectivity index (χ1) is 9.69. The fourth-order valence-corrected chi connectivity index (χ4v) is 2.12. The number of pyridine rings is 1. The zero-order valence-electron chi connectivity index (χ0n) is 12.1. The Kier molecular flexibility index (Phi) is 5.10. The average molecular weight is 272 g/mol. The lowest BCUT2D eigenvalue weighted by atomic mass is 10.1. The Morgan fingerprint density at radius 1 is 1.15 bits per heavy atom. The van der Waals surface area contributed by atoms with Crippen molar-refractivity contribution in [3.63, 3.8) is 0 Å². The van der Waals surface area contributed by atoms with E-state index in [0.717, 1.165) is 17.8 Å². The van der Waals surface area contributed by atoms with Gasteiger partial charge in [0.15, 0.2) is 0 Å². The Morgan fingerprint density at radius 2 is 1.90 bits per heavy atom. The van der Waals surface area contributed by atoms with Crippen LogP contribution in [0.15, 0.2) is 42.6 Å². The number of benzene rings is 1. The molecular weight excluding hydrogens is 251 g/mol. The van der Waals surface area contributed by atoms with Gasteiger partial charge in [0.25, 0.3) is 0 Å². The third-order valence-corrected chi connectivity index (χ3v) is 3.35. The van der Waals surface area contributed by atoms with Gasteiger partial charge in [-0.2, -0.15) is 0 Å². The molecule has 0 bridgehead atoms.